The Balaban J connectivity index is 2.65. The van der Waals surface area contributed by atoms with E-state index in [1.54, 1.807) is 0 Å². The number of hydrogen-bond donors (Lipinski definition) is 0. The molecule has 21 heavy (non-hydrogen) atoms. The van der Waals surface area contributed by atoms with Gasteiger partial charge in [-0.1, -0.05) is 39.5 Å². The monoisotopic (exact) mass is 356 g/mol. The van der Waals surface area contributed by atoms with Crippen molar-refractivity contribution >= 4 is 31.4 Å². The summed E-state index contributed by atoms with van der Waals surface area (Å²) in [4.78, 5) is 0. The van der Waals surface area contributed by atoms with Gasteiger partial charge in [-0.2, -0.15) is 0 Å². The second-order valence-electron chi connectivity index (χ2n) is 5.74. The molecule has 1 fully saturated rings. The minimum Gasteiger partial charge on any atom is -0.259 e. The molecule has 4 atom stereocenters. The van der Waals surface area contributed by atoms with Crippen molar-refractivity contribution in [2.75, 3.05) is 23.0 Å². The predicted octanol–water partition coefficient (Wildman–Crippen LogP) is 2.03. The van der Waals surface area contributed by atoms with Gasteiger partial charge < -0.3 is 0 Å². The average Bonchev–Trinajstić information content (AvgIpc) is 2.75. The van der Waals surface area contributed by atoms with Crippen molar-refractivity contribution in [2.45, 2.75) is 62.9 Å². The topological polar surface area (TPSA) is 68.3 Å². The molecule has 0 spiro atoms. The molecule has 1 rings (SSSR count). The van der Waals surface area contributed by atoms with E-state index in [1.807, 2.05) is 0 Å². The Morgan fingerprint density at radius 3 is 1.52 bits per heavy atom. The highest BCUT2D eigenvalue weighted by atomic mass is 32.2. The largest absolute Gasteiger partial charge is 0.259 e. The molecule has 126 valence electrons. The van der Waals surface area contributed by atoms with E-state index in [4.69, 9.17) is 0 Å². The quantitative estimate of drug-likeness (QED) is 0.562. The summed E-state index contributed by atoms with van der Waals surface area (Å²) in [5, 5.41) is -0.844. The minimum atomic E-state index is -3.18. The van der Waals surface area contributed by atoms with Crippen LogP contribution in [0.15, 0.2) is 0 Å². The van der Waals surface area contributed by atoms with Crippen LogP contribution in [0.1, 0.15) is 52.4 Å². The molecule has 1 aliphatic rings. The van der Waals surface area contributed by atoms with Crippen LogP contribution in [-0.2, 0) is 31.4 Å². The summed E-state index contributed by atoms with van der Waals surface area (Å²) >= 11 is 0. The molecule has 1 saturated heterocycles. The van der Waals surface area contributed by atoms with Crippen LogP contribution in [0.4, 0.5) is 0 Å². The molecular formula is C14H28O4S3. The second kappa shape index (κ2) is 9.40. The van der Waals surface area contributed by atoms with Gasteiger partial charge in [-0.3, -0.25) is 8.42 Å². The lowest BCUT2D eigenvalue weighted by atomic mass is 10.3. The fraction of sp³-hybridized carbons (Fsp3) is 1.00. The summed E-state index contributed by atoms with van der Waals surface area (Å²) < 4.78 is 48.4. The van der Waals surface area contributed by atoms with Crippen molar-refractivity contribution in [1.29, 1.82) is 0 Å². The molecule has 0 bridgehead atoms. The van der Waals surface area contributed by atoms with E-state index < -0.39 is 41.9 Å². The lowest BCUT2D eigenvalue weighted by molar-refractivity contribution is 0.602. The van der Waals surface area contributed by atoms with Crippen LogP contribution in [0.25, 0.3) is 0 Å². The van der Waals surface area contributed by atoms with Crippen molar-refractivity contribution in [2.24, 2.45) is 0 Å². The maximum absolute atomic E-state index is 12.4. The third kappa shape index (κ3) is 6.48. The summed E-state index contributed by atoms with van der Waals surface area (Å²) in [5.74, 6) is 0.985. The Kier molecular flexibility index (Phi) is 8.64. The standard InChI is InChI=1S/C14H28O4S3/c1-3-5-7-9-19(15)13-11-21(17,18)12-14(13)20(16)10-8-6-4-2/h13-14H,3-12H2,1-2H3. The predicted molar refractivity (Wildman–Crippen MR) is 91.3 cm³/mol. The second-order valence-corrected chi connectivity index (χ2v) is 11.4. The molecular weight excluding hydrogens is 328 g/mol. The molecule has 0 amide bonds. The van der Waals surface area contributed by atoms with Crippen LogP contribution in [0.3, 0.4) is 0 Å². The molecule has 0 aromatic heterocycles. The molecule has 4 nitrogen and oxygen atoms in total. The molecule has 0 N–H and O–H groups in total. The van der Waals surface area contributed by atoms with E-state index in [0.717, 1.165) is 38.5 Å². The Morgan fingerprint density at radius 1 is 0.810 bits per heavy atom. The highest BCUT2D eigenvalue weighted by Gasteiger charge is 2.43. The van der Waals surface area contributed by atoms with Crippen LogP contribution in [0, 0.1) is 0 Å². The fourth-order valence-electron chi connectivity index (χ4n) is 2.56. The summed E-state index contributed by atoms with van der Waals surface area (Å²) in [6.45, 7) is 4.16. The first-order valence-corrected chi connectivity index (χ1v) is 12.4. The van der Waals surface area contributed by atoms with Crippen LogP contribution >= 0.6 is 0 Å². The van der Waals surface area contributed by atoms with E-state index in [9.17, 15) is 16.8 Å². The zero-order valence-corrected chi connectivity index (χ0v) is 15.5. The Bertz CT molecular complexity index is 423. The van der Waals surface area contributed by atoms with E-state index in [-0.39, 0.29) is 11.5 Å². The van der Waals surface area contributed by atoms with Crippen LogP contribution in [0.5, 0.6) is 0 Å². The number of sulfone groups is 1. The maximum atomic E-state index is 12.4. The molecule has 0 radical (unpaired) electrons. The highest BCUT2D eigenvalue weighted by Crippen LogP contribution is 2.24. The third-order valence-electron chi connectivity index (χ3n) is 3.82. The van der Waals surface area contributed by atoms with E-state index in [2.05, 4.69) is 13.8 Å². The number of unbranched alkanes of at least 4 members (excludes halogenated alkanes) is 4. The normalized spacial score (nSPS) is 27.5. The van der Waals surface area contributed by atoms with Gasteiger partial charge in [0.2, 0.25) is 0 Å². The first-order chi connectivity index (χ1) is 9.91. The molecule has 0 aromatic carbocycles. The molecule has 0 aromatic rings. The lowest BCUT2D eigenvalue weighted by Gasteiger charge is -2.17. The smallest absolute Gasteiger partial charge is 0.152 e. The third-order valence-corrected chi connectivity index (χ3v) is 9.88. The maximum Gasteiger partial charge on any atom is 0.152 e. The van der Waals surface area contributed by atoms with Gasteiger partial charge in [0.15, 0.2) is 9.84 Å². The molecule has 0 aliphatic carbocycles. The van der Waals surface area contributed by atoms with Crippen molar-refractivity contribution < 1.29 is 16.8 Å². The van der Waals surface area contributed by atoms with Crippen LogP contribution in [-0.4, -0.2) is 50.3 Å². The van der Waals surface area contributed by atoms with Gasteiger partial charge in [0.25, 0.3) is 0 Å². The van der Waals surface area contributed by atoms with E-state index in [0.29, 0.717) is 11.5 Å². The molecule has 4 unspecified atom stereocenters. The minimum absolute atomic E-state index is 0.0457. The first kappa shape index (κ1) is 19.3. The highest BCUT2D eigenvalue weighted by molar-refractivity contribution is 7.97. The molecule has 0 saturated carbocycles. The lowest BCUT2D eigenvalue weighted by Crippen LogP contribution is -2.34. The van der Waals surface area contributed by atoms with Crippen molar-refractivity contribution in [1.82, 2.24) is 0 Å². The van der Waals surface area contributed by atoms with Gasteiger partial charge in [0.05, 0.1) is 22.0 Å². The number of hydrogen-bond acceptors (Lipinski definition) is 4. The molecule has 7 heteroatoms. The SMILES string of the molecule is CCCCCS(=O)C1CS(=O)(=O)CC1S(=O)CCCCC. The molecule has 1 heterocycles. The Hall–Kier alpha value is 0.250. The van der Waals surface area contributed by atoms with E-state index >= 15 is 0 Å². The molecule has 1 aliphatic heterocycles. The number of rotatable bonds is 10. The zero-order chi connectivity index (χ0) is 15.9. The van der Waals surface area contributed by atoms with Gasteiger partial charge in [0.1, 0.15) is 0 Å². The van der Waals surface area contributed by atoms with Crippen LogP contribution < -0.4 is 0 Å². The first-order valence-electron chi connectivity index (χ1n) is 7.86. The van der Waals surface area contributed by atoms with Crippen molar-refractivity contribution in [3.05, 3.63) is 0 Å². The van der Waals surface area contributed by atoms with Crippen molar-refractivity contribution in [3.8, 4) is 0 Å². The van der Waals surface area contributed by atoms with Gasteiger partial charge in [0, 0.05) is 33.1 Å². The Labute approximate surface area is 134 Å². The van der Waals surface area contributed by atoms with Gasteiger partial charge in [-0.25, -0.2) is 8.42 Å². The summed E-state index contributed by atoms with van der Waals surface area (Å²) in [5.41, 5.74) is 0. The zero-order valence-electron chi connectivity index (χ0n) is 13.1. The summed E-state index contributed by atoms with van der Waals surface area (Å²) in [7, 11) is -5.53. The van der Waals surface area contributed by atoms with Crippen molar-refractivity contribution in [3.63, 3.8) is 0 Å². The Morgan fingerprint density at radius 2 is 1.19 bits per heavy atom. The van der Waals surface area contributed by atoms with E-state index in [1.165, 1.54) is 0 Å². The van der Waals surface area contributed by atoms with Gasteiger partial charge in [-0.05, 0) is 12.8 Å². The average molecular weight is 357 g/mol. The summed E-state index contributed by atoms with van der Waals surface area (Å²) in [6, 6.07) is 0. The van der Waals surface area contributed by atoms with Crippen LogP contribution in [0.2, 0.25) is 0 Å². The van der Waals surface area contributed by atoms with Gasteiger partial charge >= 0.3 is 0 Å². The van der Waals surface area contributed by atoms with Gasteiger partial charge in [-0.15, -0.1) is 0 Å². The fourth-order valence-corrected chi connectivity index (χ4v) is 10.1. The summed E-state index contributed by atoms with van der Waals surface area (Å²) in [6.07, 6.45) is 5.83.